The number of hydrogen-bond acceptors (Lipinski definition) is 8. The van der Waals surface area contributed by atoms with E-state index in [1.807, 2.05) is 12.1 Å². The van der Waals surface area contributed by atoms with Gasteiger partial charge in [0.15, 0.2) is 14.6 Å². The van der Waals surface area contributed by atoms with Crippen LogP contribution in [0.25, 0.3) is 22.0 Å². The van der Waals surface area contributed by atoms with E-state index in [1.54, 1.807) is 13.0 Å². The highest BCUT2D eigenvalue weighted by atomic mass is 32.2. The number of morpholine rings is 1. The van der Waals surface area contributed by atoms with E-state index in [1.165, 1.54) is 23.4 Å². The van der Waals surface area contributed by atoms with Crippen molar-refractivity contribution in [1.29, 1.82) is 0 Å². The molecule has 1 aliphatic heterocycles. The van der Waals surface area contributed by atoms with Gasteiger partial charge >= 0.3 is 5.97 Å². The summed E-state index contributed by atoms with van der Waals surface area (Å²) in [6, 6.07) is 13.9. The van der Waals surface area contributed by atoms with E-state index in [9.17, 15) is 18.0 Å². The molecule has 9 nitrogen and oxygen atoms in total. The summed E-state index contributed by atoms with van der Waals surface area (Å²) in [5, 5.41) is 0.424. The average molecular weight is 528 g/mol. The molecule has 0 radical (unpaired) electrons. The SMILES string of the molecule is CCOC(=O)[C@@](C)(CCn1cnc2cc(-c3ccc(CN4CCOCC4)cc3)ccc2c1=O)S(C)(=O)=O. The highest BCUT2D eigenvalue weighted by Gasteiger charge is 2.44. The van der Waals surface area contributed by atoms with Crippen LogP contribution in [-0.4, -0.2) is 72.8 Å². The van der Waals surface area contributed by atoms with E-state index in [2.05, 4.69) is 34.1 Å². The van der Waals surface area contributed by atoms with Gasteiger partial charge in [-0.3, -0.25) is 19.1 Å². The molecule has 2 heterocycles. The Kier molecular flexibility index (Phi) is 8.11. The van der Waals surface area contributed by atoms with Crippen LogP contribution in [0.15, 0.2) is 53.6 Å². The summed E-state index contributed by atoms with van der Waals surface area (Å²) < 4.78 is 34.7. The lowest BCUT2D eigenvalue weighted by Crippen LogP contribution is -2.45. The third-order valence-electron chi connectivity index (χ3n) is 6.98. The third kappa shape index (κ3) is 5.92. The zero-order valence-electron chi connectivity index (χ0n) is 21.5. The first-order valence-corrected chi connectivity index (χ1v) is 14.3. The van der Waals surface area contributed by atoms with Gasteiger partial charge in [0, 0.05) is 32.4 Å². The normalized spacial score (nSPS) is 16.4. The fraction of sp³-hybridized carbons (Fsp3) is 0.444. The molecule has 198 valence electrons. The molecule has 3 aromatic rings. The molecular formula is C27H33N3O6S. The molecule has 0 unspecified atom stereocenters. The van der Waals surface area contributed by atoms with Crippen molar-refractivity contribution < 1.29 is 22.7 Å². The van der Waals surface area contributed by atoms with Crippen molar-refractivity contribution in [3.63, 3.8) is 0 Å². The molecule has 0 amide bonds. The number of hydrogen-bond donors (Lipinski definition) is 0. The number of carbonyl (C=O) groups is 1. The molecule has 0 bridgehead atoms. The molecule has 1 fully saturated rings. The third-order valence-corrected chi connectivity index (χ3v) is 8.99. The minimum absolute atomic E-state index is 0.0104. The predicted octanol–water partition coefficient (Wildman–Crippen LogP) is 2.65. The Morgan fingerprint density at radius 3 is 2.43 bits per heavy atom. The van der Waals surface area contributed by atoms with E-state index in [0.29, 0.717) is 10.9 Å². The van der Waals surface area contributed by atoms with Crippen LogP contribution in [0.2, 0.25) is 0 Å². The molecule has 1 atom stereocenters. The second-order valence-corrected chi connectivity index (χ2v) is 12.0. The average Bonchev–Trinajstić information content (AvgIpc) is 2.88. The first-order valence-electron chi connectivity index (χ1n) is 12.4. The Morgan fingerprint density at radius 1 is 1.11 bits per heavy atom. The largest absolute Gasteiger partial charge is 0.465 e. The second-order valence-electron chi connectivity index (χ2n) is 9.53. The predicted molar refractivity (Wildman–Crippen MR) is 142 cm³/mol. The molecule has 37 heavy (non-hydrogen) atoms. The number of carbonyl (C=O) groups excluding carboxylic acids is 1. The maximum atomic E-state index is 13.1. The van der Waals surface area contributed by atoms with Crippen LogP contribution >= 0.6 is 0 Å². The van der Waals surface area contributed by atoms with Gasteiger partial charge in [0.2, 0.25) is 0 Å². The van der Waals surface area contributed by atoms with Crippen LogP contribution in [-0.2, 0) is 37.2 Å². The van der Waals surface area contributed by atoms with Crippen molar-refractivity contribution in [3.8, 4) is 11.1 Å². The quantitative estimate of drug-likeness (QED) is 0.391. The topological polar surface area (TPSA) is 108 Å². The number of aryl methyl sites for hydroxylation is 1. The van der Waals surface area contributed by atoms with Crippen molar-refractivity contribution in [2.75, 3.05) is 39.2 Å². The molecule has 1 aromatic heterocycles. The lowest BCUT2D eigenvalue weighted by molar-refractivity contribution is -0.146. The molecule has 1 saturated heterocycles. The summed E-state index contributed by atoms with van der Waals surface area (Å²) in [7, 11) is -3.78. The standard InChI is InChI=1S/C27H33N3O6S/c1-4-36-26(32)27(2,37(3,33)34)11-12-30-19-28-24-17-22(9-10-23(24)25(30)31)21-7-5-20(6-8-21)18-29-13-15-35-16-14-29/h5-10,17,19H,4,11-16,18H2,1-3H3/t27-/m1/s1. The van der Waals surface area contributed by atoms with E-state index in [-0.39, 0.29) is 25.1 Å². The molecule has 2 aromatic carbocycles. The Hall–Kier alpha value is -3.08. The minimum atomic E-state index is -3.78. The summed E-state index contributed by atoms with van der Waals surface area (Å²) in [6.45, 7) is 7.33. The van der Waals surface area contributed by atoms with Gasteiger partial charge in [-0.05, 0) is 49.1 Å². The van der Waals surface area contributed by atoms with Crippen LogP contribution in [0.1, 0.15) is 25.8 Å². The second kappa shape index (κ2) is 11.1. The van der Waals surface area contributed by atoms with E-state index >= 15 is 0 Å². The Labute approximate surface area is 216 Å². The summed E-state index contributed by atoms with van der Waals surface area (Å²) >= 11 is 0. The molecule has 0 spiro atoms. The number of sulfone groups is 1. The number of ether oxygens (including phenoxy) is 2. The van der Waals surface area contributed by atoms with E-state index < -0.39 is 20.6 Å². The summed E-state index contributed by atoms with van der Waals surface area (Å²) in [6.07, 6.45) is 2.29. The van der Waals surface area contributed by atoms with Crippen molar-refractivity contribution in [3.05, 3.63) is 64.7 Å². The van der Waals surface area contributed by atoms with Crippen molar-refractivity contribution >= 4 is 26.7 Å². The number of fused-ring (bicyclic) bond motifs is 1. The van der Waals surface area contributed by atoms with Gasteiger partial charge in [-0.15, -0.1) is 0 Å². The number of esters is 1. The lowest BCUT2D eigenvalue weighted by atomic mass is 10.0. The highest BCUT2D eigenvalue weighted by molar-refractivity contribution is 7.92. The summed E-state index contributed by atoms with van der Waals surface area (Å²) in [4.78, 5) is 32.3. The Bertz CT molecular complexity index is 1430. The molecule has 0 N–H and O–H groups in total. The fourth-order valence-corrected chi connectivity index (χ4v) is 5.20. The van der Waals surface area contributed by atoms with Crippen molar-refractivity contribution in [1.82, 2.24) is 14.5 Å². The molecule has 10 heteroatoms. The van der Waals surface area contributed by atoms with Gasteiger partial charge in [0.1, 0.15) is 0 Å². The zero-order chi connectivity index (χ0) is 26.6. The molecule has 0 aliphatic carbocycles. The molecule has 1 aliphatic rings. The van der Waals surface area contributed by atoms with Crippen molar-refractivity contribution in [2.45, 2.75) is 38.1 Å². The summed E-state index contributed by atoms with van der Waals surface area (Å²) in [5.74, 6) is -0.820. The van der Waals surface area contributed by atoms with Crippen LogP contribution in [0.5, 0.6) is 0 Å². The lowest BCUT2D eigenvalue weighted by Gasteiger charge is -2.26. The number of nitrogens with zero attached hydrogens (tertiary/aromatic N) is 3. The maximum absolute atomic E-state index is 13.1. The Balaban J connectivity index is 1.52. The van der Waals surface area contributed by atoms with Gasteiger partial charge in [-0.25, -0.2) is 13.4 Å². The highest BCUT2D eigenvalue weighted by Crippen LogP contribution is 2.25. The minimum Gasteiger partial charge on any atom is -0.465 e. The van der Waals surface area contributed by atoms with Crippen LogP contribution in [0.4, 0.5) is 0 Å². The van der Waals surface area contributed by atoms with Crippen LogP contribution in [0.3, 0.4) is 0 Å². The first kappa shape index (κ1) is 27.0. The van der Waals surface area contributed by atoms with Crippen LogP contribution in [0, 0.1) is 0 Å². The first-order chi connectivity index (χ1) is 17.6. The fourth-order valence-electron chi connectivity index (χ4n) is 4.37. The molecular weight excluding hydrogens is 494 g/mol. The van der Waals surface area contributed by atoms with Gasteiger partial charge in [-0.2, -0.15) is 0 Å². The monoisotopic (exact) mass is 527 g/mol. The van der Waals surface area contributed by atoms with E-state index in [4.69, 9.17) is 9.47 Å². The van der Waals surface area contributed by atoms with Crippen molar-refractivity contribution in [2.24, 2.45) is 0 Å². The smallest absolute Gasteiger partial charge is 0.327 e. The summed E-state index contributed by atoms with van der Waals surface area (Å²) in [5.41, 5.74) is 3.46. The molecule has 4 rings (SSSR count). The van der Waals surface area contributed by atoms with E-state index in [0.717, 1.165) is 50.2 Å². The van der Waals surface area contributed by atoms with Crippen LogP contribution < -0.4 is 5.56 Å². The number of rotatable bonds is 9. The van der Waals surface area contributed by atoms with Gasteiger partial charge in [0.25, 0.3) is 5.56 Å². The zero-order valence-corrected chi connectivity index (χ0v) is 22.3. The van der Waals surface area contributed by atoms with Gasteiger partial charge in [-0.1, -0.05) is 30.3 Å². The maximum Gasteiger partial charge on any atom is 0.327 e. The molecule has 0 saturated carbocycles. The Morgan fingerprint density at radius 2 is 1.78 bits per heavy atom. The van der Waals surface area contributed by atoms with Gasteiger partial charge in [0.05, 0.1) is 37.1 Å². The number of benzene rings is 2. The van der Waals surface area contributed by atoms with Gasteiger partial charge < -0.3 is 9.47 Å². The number of aromatic nitrogens is 2.